The molecule has 3 aliphatic rings. The van der Waals surface area contributed by atoms with Crippen LogP contribution in [0.5, 0.6) is 0 Å². The Morgan fingerprint density at radius 2 is 0.944 bits per heavy atom. The minimum Gasteiger partial charge on any atom is -0.394 e. The zero-order valence-electron chi connectivity index (χ0n) is 42.2. The Labute approximate surface area is 421 Å². The summed E-state index contributed by atoms with van der Waals surface area (Å²) in [5.41, 5.74) is 0. The van der Waals surface area contributed by atoms with Crippen molar-refractivity contribution in [3.05, 3.63) is 48.6 Å². The standard InChI is InChI=1S/C52H91NO18/c1-3-5-7-9-11-13-15-16-17-18-19-20-22-24-26-28-30-40(58)53-35(36(57)29-27-25-23-21-14-12-10-8-6-4-2)34-66-50-46(64)43(61)48(38(32-55)68-50)71-52-47(65)44(62)49(39(33-56)69-52)70-51-45(63)42(60)41(59)37(31-54)67-51/h13-15,17-18,21,27,29,35-39,41-52,54-57,59-65H,3-12,16,19-20,22-26,28,30-34H2,1-2H3,(H,53,58)/b15-13-,18-17-,21-14+,29-27+. The second-order valence-electron chi connectivity index (χ2n) is 19.0. The number of amides is 1. The normalized spacial score (nSPS) is 32.7. The van der Waals surface area contributed by atoms with Gasteiger partial charge in [-0.05, 0) is 64.2 Å². The molecule has 3 saturated heterocycles. The lowest BCUT2D eigenvalue weighted by atomic mass is 9.96. The molecule has 0 saturated carbocycles. The molecule has 0 aromatic heterocycles. The Morgan fingerprint density at radius 3 is 1.49 bits per heavy atom. The van der Waals surface area contributed by atoms with Gasteiger partial charge in [-0.1, -0.05) is 120 Å². The summed E-state index contributed by atoms with van der Waals surface area (Å²) in [5, 5.41) is 119. The summed E-state index contributed by atoms with van der Waals surface area (Å²) in [5.74, 6) is -0.305. The quantitative estimate of drug-likeness (QED) is 0.0317. The fourth-order valence-corrected chi connectivity index (χ4v) is 8.64. The van der Waals surface area contributed by atoms with Crippen LogP contribution in [-0.4, -0.2) is 193 Å². The largest absolute Gasteiger partial charge is 0.394 e. The van der Waals surface area contributed by atoms with Gasteiger partial charge in [-0.3, -0.25) is 4.79 Å². The minimum atomic E-state index is -1.98. The van der Waals surface area contributed by atoms with Crippen molar-refractivity contribution in [2.75, 3.05) is 26.4 Å². The molecule has 17 atom stereocenters. The topological polar surface area (TPSA) is 307 Å². The highest BCUT2D eigenvalue weighted by Gasteiger charge is 2.53. The lowest BCUT2D eigenvalue weighted by Crippen LogP contribution is -2.66. The third kappa shape index (κ3) is 22.2. The van der Waals surface area contributed by atoms with E-state index in [2.05, 4.69) is 55.6 Å². The molecule has 3 rings (SSSR count). The summed E-state index contributed by atoms with van der Waals surface area (Å²) in [6, 6.07) is -0.995. The van der Waals surface area contributed by atoms with Crippen LogP contribution in [0, 0.1) is 0 Å². The van der Waals surface area contributed by atoms with E-state index in [1.807, 2.05) is 6.08 Å². The predicted octanol–water partition coefficient (Wildman–Crippen LogP) is 2.36. The average Bonchev–Trinajstić information content (AvgIpc) is 3.36. The van der Waals surface area contributed by atoms with Crippen LogP contribution in [0.4, 0.5) is 0 Å². The number of unbranched alkanes of at least 4 members (excludes halogenated alkanes) is 14. The minimum absolute atomic E-state index is 0.217. The van der Waals surface area contributed by atoms with Gasteiger partial charge in [0.25, 0.3) is 0 Å². The first kappa shape index (κ1) is 63.0. The van der Waals surface area contributed by atoms with Crippen molar-refractivity contribution in [2.45, 2.75) is 247 Å². The average molecular weight is 1020 g/mol. The van der Waals surface area contributed by atoms with Gasteiger partial charge in [0.05, 0.1) is 38.6 Å². The summed E-state index contributed by atoms with van der Waals surface area (Å²) in [4.78, 5) is 13.2. The van der Waals surface area contributed by atoms with Gasteiger partial charge in [0.15, 0.2) is 18.9 Å². The van der Waals surface area contributed by atoms with Crippen LogP contribution in [0.15, 0.2) is 48.6 Å². The molecule has 0 spiro atoms. The second kappa shape index (κ2) is 36.7. The van der Waals surface area contributed by atoms with Crippen LogP contribution >= 0.6 is 0 Å². The molecule has 0 bridgehead atoms. The first-order chi connectivity index (χ1) is 34.3. The van der Waals surface area contributed by atoms with Crippen LogP contribution in [0.2, 0.25) is 0 Å². The van der Waals surface area contributed by atoms with Crippen LogP contribution in [-0.2, 0) is 33.2 Å². The number of aliphatic hydroxyl groups excluding tert-OH is 11. The van der Waals surface area contributed by atoms with Crippen LogP contribution in [0.1, 0.15) is 142 Å². The molecule has 12 N–H and O–H groups in total. The van der Waals surface area contributed by atoms with Crippen molar-refractivity contribution in [2.24, 2.45) is 0 Å². The highest BCUT2D eigenvalue weighted by molar-refractivity contribution is 5.76. The summed E-state index contributed by atoms with van der Waals surface area (Å²) in [7, 11) is 0. The zero-order chi connectivity index (χ0) is 52.0. The lowest BCUT2D eigenvalue weighted by Gasteiger charge is -2.48. The Balaban J connectivity index is 1.56. The fraction of sp³-hybridized carbons (Fsp3) is 0.827. The van der Waals surface area contributed by atoms with Gasteiger partial charge in [-0.15, -0.1) is 0 Å². The van der Waals surface area contributed by atoms with Gasteiger partial charge in [-0.2, -0.15) is 0 Å². The number of carbonyl (C=O) groups excluding carboxylic acids is 1. The monoisotopic (exact) mass is 1020 g/mol. The third-order valence-electron chi connectivity index (χ3n) is 13.1. The van der Waals surface area contributed by atoms with E-state index in [1.54, 1.807) is 6.08 Å². The number of ether oxygens (including phenoxy) is 6. The third-order valence-corrected chi connectivity index (χ3v) is 13.1. The maximum Gasteiger partial charge on any atom is 0.220 e. The lowest BCUT2D eigenvalue weighted by molar-refractivity contribution is -0.379. The van der Waals surface area contributed by atoms with Crippen LogP contribution in [0.25, 0.3) is 0 Å². The Kier molecular flexibility index (Phi) is 32.5. The fourth-order valence-electron chi connectivity index (χ4n) is 8.64. The second-order valence-corrected chi connectivity index (χ2v) is 19.0. The van der Waals surface area contributed by atoms with E-state index in [0.717, 1.165) is 64.2 Å². The number of aliphatic hydroxyl groups is 11. The number of nitrogens with one attached hydrogen (secondary N) is 1. The summed E-state index contributed by atoms with van der Waals surface area (Å²) >= 11 is 0. The molecule has 0 aromatic carbocycles. The van der Waals surface area contributed by atoms with Gasteiger partial charge in [0.2, 0.25) is 5.91 Å². The maximum atomic E-state index is 13.2. The Bertz CT molecular complexity index is 1500. The molecule has 412 valence electrons. The summed E-state index contributed by atoms with van der Waals surface area (Å²) in [6.45, 7) is 1.58. The highest BCUT2D eigenvalue weighted by Crippen LogP contribution is 2.33. The van der Waals surface area contributed by atoms with E-state index in [9.17, 15) is 61.0 Å². The summed E-state index contributed by atoms with van der Waals surface area (Å²) < 4.78 is 34.1. The molecular formula is C52H91NO18. The van der Waals surface area contributed by atoms with Crippen molar-refractivity contribution >= 4 is 5.91 Å². The molecule has 3 fully saturated rings. The first-order valence-corrected chi connectivity index (χ1v) is 26.4. The number of allylic oxidation sites excluding steroid dienone is 7. The first-order valence-electron chi connectivity index (χ1n) is 26.4. The molecule has 3 aliphatic heterocycles. The molecule has 19 nitrogen and oxygen atoms in total. The zero-order valence-corrected chi connectivity index (χ0v) is 42.2. The number of rotatable bonds is 36. The van der Waals surface area contributed by atoms with Crippen molar-refractivity contribution in [1.29, 1.82) is 0 Å². The number of hydrogen-bond acceptors (Lipinski definition) is 18. The number of carbonyl (C=O) groups is 1. The van der Waals surface area contributed by atoms with Gasteiger partial charge in [-0.25, -0.2) is 0 Å². The molecule has 0 aromatic rings. The smallest absolute Gasteiger partial charge is 0.220 e. The molecular weight excluding hydrogens is 927 g/mol. The Hall–Kier alpha value is -2.25. The molecule has 0 radical (unpaired) electrons. The van der Waals surface area contributed by atoms with E-state index in [-0.39, 0.29) is 18.9 Å². The van der Waals surface area contributed by atoms with Gasteiger partial charge >= 0.3 is 0 Å². The van der Waals surface area contributed by atoms with Crippen molar-refractivity contribution < 1.29 is 89.4 Å². The van der Waals surface area contributed by atoms with Crippen LogP contribution < -0.4 is 5.32 Å². The maximum absolute atomic E-state index is 13.2. The van der Waals surface area contributed by atoms with Gasteiger partial charge in [0, 0.05) is 6.42 Å². The van der Waals surface area contributed by atoms with Crippen molar-refractivity contribution in [1.82, 2.24) is 5.32 Å². The highest BCUT2D eigenvalue weighted by atomic mass is 16.8. The van der Waals surface area contributed by atoms with Gasteiger partial charge < -0.3 is 89.9 Å². The SMILES string of the molecule is CCCCCC/C=C\C/C=C\CCCCCCCC(=O)NC(COC1OC(CO)C(OC2OC(CO)C(OC3OC(CO)C(O)C(O)C3O)C(O)C2O)C(O)C1O)C(O)/C=C/CC/C=C/CCCCCC. The molecule has 1 amide bonds. The summed E-state index contributed by atoms with van der Waals surface area (Å²) in [6.07, 6.45) is 9.80. The van der Waals surface area contributed by atoms with E-state index < -0.39 is 124 Å². The van der Waals surface area contributed by atoms with E-state index >= 15 is 0 Å². The van der Waals surface area contributed by atoms with Crippen LogP contribution in [0.3, 0.4) is 0 Å². The van der Waals surface area contributed by atoms with E-state index in [4.69, 9.17) is 28.4 Å². The molecule has 0 aliphatic carbocycles. The Morgan fingerprint density at radius 1 is 0.507 bits per heavy atom. The predicted molar refractivity (Wildman–Crippen MR) is 263 cm³/mol. The molecule has 17 unspecified atom stereocenters. The molecule has 19 heteroatoms. The molecule has 3 heterocycles. The molecule has 71 heavy (non-hydrogen) atoms. The van der Waals surface area contributed by atoms with Gasteiger partial charge in [0.1, 0.15) is 73.2 Å². The van der Waals surface area contributed by atoms with Crippen molar-refractivity contribution in [3.8, 4) is 0 Å². The van der Waals surface area contributed by atoms with Crippen molar-refractivity contribution in [3.63, 3.8) is 0 Å². The number of hydrogen-bond donors (Lipinski definition) is 12. The van der Waals surface area contributed by atoms with E-state index in [0.29, 0.717) is 12.8 Å². The van der Waals surface area contributed by atoms with E-state index in [1.165, 1.54) is 44.9 Å².